The normalized spacial score (nSPS) is 10.8. The van der Waals surface area contributed by atoms with Crippen molar-refractivity contribution in [2.45, 2.75) is 40.9 Å². The highest BCUT2D eigenvalue weighted by molar-refractivity contribution is 7.10. The lowest BCUT2D eigenvalue weighted by Crippen LogP contribution is -1.91. The SMILES string of the molecule is C.C.C#CC(C)O.CC(O)C#Cc1cccs1. The van der Waals surface area contributed by atoms with Gasteiger partial charge >= 0.3 is 0 Å². The molecule has 0 aliphatic rings. The monoisotopic (exact) mass is 254 g/mol. The molecule has 1 rings (SSSR count). The first-order valence-electron chi connectivity index (χ1n) is 4.43. The fraction of sp³-hybridized carbons (Fsp3) is 0.429. The third kappa shape index (κ3) is 14.7. The van der Waals surface area contributed by atoms with Gasteiger partial charge < -0.3 is 10.2 Å². The predicted octanol–water partition coefficient (Wildman–Crippen LogP) is 2.75. The second-order valence-electron chi connectivity index (χ2n) is 2.77. The van der Waals surface area contributed by atoms with Crippen molar-refractivity contribution >= 4 is 11.3 Å². The van der Waals surface area contributed by atoms with Crippen molar-refractivity contribution in [2.24, 2.45) is 0 Å². The van der Waals surface area contributed by atoms with Gasteiger partial charge in [-0.3, -0.25) is 0 Å². The van der Waals surface area contributed by atoms with Crippen LogP contribution in [0.5, 0.6) is 0 Å². The highest BCUT2D eigenvalue weighted by Gasteiger charge is 1.85. The molecule has 3 heteroatoms. The van der Waals surface area contributed by atoms with E-state index < -0.39 is 12.2 Å². The Balaban J connectivity index is -0.000000247. The molecule has 0 spiro atoms. The van der Waals surface area contributed by atoms with Crippen molar-refractivity contribution < 1.29 is 10.2 Å². The Morgan fingerprint density at radius 2 is 1.76 bits per heavy atom. The van der Waals surface area contributed by atoms with E-state index in [9.17, 15) is 0 Å². The van der Waals surface area contributed by atoms with Gasteiger partial charge in [-0.15, -0.1) is 17.8 Å². The number of aliphatic hydroxyl groups is 2. The summed E-state index contributed by atoms with van der Waals surface area (Å²) in [7, 11) is 0. The number of rotatable bonds is 0. The van der Waals surface area contributed by atoms with Crippen molar-refractivity contribution in [1.82, 2.24) is 0 Å². The molecule has 1 heterocycles. The maximum absolute atomic E-state index is 8.78. The zero-order valence-corrected chi connectivity index (χ0v) is 9.58. The van der Waals surface area contributed by atoms with E-state index in [0.29, 0.717) is 0 Å². The molecule has 0 saturated carbocycles. The standard InChI is InChI=1S/C8H8OS.C4H6O.2CH4/c1-7(9)4-5-8-3-2-6-10-8;1-3-4(2)5;;/h2-3,6-7,9H,1H3;1,4-5H,2H3;2*1H4. The van der Waals surface area contributed by atoms with Crippen LogP contribution in [0.3, 0.4) is 0 Å². The Hall–Kier alpha value is -1.26. The minimum absolute atomic E-state index is 0. The second-order valence-corrected chi connectivity index (χ2v) is 3.71. The Kier molecular flexibility index (Phi) is 15.9. The Morgan fingerprint density at radius 1 is 1.24 bits per heavy atom. The van der Waals surface area contributed by atoms with E-state index in [2.05, 4.69) is 24.2 Å². The molecular weight excluding hydrogens is 232 g/mol. The van der Waals surface area contributed by atoms with Gasteiger partial charge in [-0.25, -0.2) is 0 Å². The van der Waals surface area contributed by atoms with Crippen molar-refractivity contribution in [1.29, 1.82) is 0 Å². The van der Waals surface area contributed by atoms with Crippen molar-refractivity contribution in [2.75, 3.05) is 0 Å². The van der Waals surface area contributed by atoms with Crippen LogP contribution in [0.15, 0.2) is 17.5 Å². The van der Waals surface area contributed by atoms with Gasteiger partial charge in [0.25, 0.3) is 0 Å². The van der Waals surface area contributed by atoms with Gasteiger partial charge in [-0.05, 0) is 25.3 Å². The van der Waals surface area contributed by atoms with E-state index in [1.807, 2.05) is 17.5 Å². The van der Waals surface area contributed by atoms with Gasteiger partial charge in [-0.1, -0.05) is 38.7 Å². The fourth-order valence-corrected chi connectivity index (χ4v) is 1.10. The molecule has 0 aliphatic heterocycles. The summed E-state index contributed by atoms with van der Waals surface area (Å²) >= 11 is 1.58. The summed E-state index contributed by atoms with van der Waals surface area (Å²) in [5.74, 6) is 7.59. The average Bonchev–Trinajstić information content (AvgIpc) is 2.68. The average molecular weight is 254 g/mol. The molecule has 2 N–H and O–H groups in total. The summed E-state index contributed by atoms with van der Waals surface area (Å²) in [6.45, 7) is 3.20. The van der Waals surface area contributed by atoms with Gasteiger partial charge in [0.2, 0.25) is 0 Å². The third-order valence-electron chi connectivity index (χ3n) is 1.17. The molecule has 0 aliphatic carbocycles. The molecular formula is C14H22O2S. The maximum Gasteiger partial charge on any atom is 0.112 e. The van der Waals surface area contributed by atoms with Gasteiger partial charge in [0.15, 0.2) is 0 Å². The van der Waals surface area contributed by atoms with Crippen LogP contribution in [0, 0.1) is 24.2 Å². The van der Waals surface area contributed by atoms with E-state index in [4.69, 9.17) is 10.2 Å². The third-order valence-corrected chi connectivity index (χ3v) is 1.95. The Morgan fingerprint density at radius 3 is 2.06 bits per heavy atom. The fourth-order valence-electron chi connectivity index (χ4n) is 0.525. The molecule has 1 aromatic heterocycles. The molecule has 0 amide bonds. The minimum Gasteiger partial charge on any atom is -0.381 e. The minimum atomic E-state index is -0.588. The molecule has 0 saturated heterocycles. The lowest BCUT2D eigenvalue weighted by molar-refractivity contribution is 0.253. The Bertz CT molecular complexity index is 348. The van der Waals surface area contributed by atoms with Crippen LogP contribution in [0.25, 0.3) is 0 Å². The largest absolute Gasteiger partial charge is 0.381 e. The number of terminal acetylenes is 1. The predicted molar refractivity (Wildman–Crippen MR) is 76.9 cm³/mol. The number of hydrogen-bond donors (Lipinski definition) is 2. The van der Waals surface area contributed by atoms with Crippen molar-refractivity contribution in [3.8, 4) is 24.2 Å². The molecule has 1 aromatic rings. The number of aliphatic hydroxyl groups excluding tert-OH is 2. The van der Waals surface area contributed by atoms with Gasteiger partial charge in [0.05, 0.1) is 4.88 Å². The quantitative estimate of drug-likeness (QED) is 0.699. The van der Waals surface area contributed by atoms with Crippen LogP contribution in [0.1, 0.15) is 33.6 Å². The number of hydrogen-bond acceptors (Lipinski definition) is 3. The molecule has 2 nitrogen and oxygen atoms in total. The Labute approximate surface area is 109 Å². The summed E-state index contributed by atoms with van der Waals surface area (Å²) in [5, 5.41) is 18.9. The number of thiophene rings is 1. The molecule has 0 radical (unpaired) electrons. The van der Waals surface area contributed by atoms with Gasteiger partial charge in [0.1, 0.15) is 12.2 Å². The summed E-state index contributed by atoms with van der Waals surface area (Å²) in [5.41, 5.74) is 0. The molecule has 17 heavy (non-hydrogen) atoms. The summed E-state index contributed by atoms with van der Waals surface area (Å²) in [6, 6.07) is 3.87. The lowest BCUT2D eigenvalue weighted by Gasteiger charge is -1.84. The second kappa shape index (κ2) is 12.8. The molecule has 96 valence electrons. The van der Waals surface area contributed by atoms with E-state index in [-0.39, 0.29) is 14.9 Å². The van der Waals surface area contributed by atoms with E-state index >= 15 is 0 Å². The molecule has 0 bridgehead atoms. The lowest BCUT2D eigenvalue weighted by atomic mass is 10.4. The van der Waals surface area contributed by atoms with Crippen LogP contribution >= 0.6 is 11.3 Å². The zero-order valence-electron chi connectivity index (χ0n) is 8.77. The molecule has 0 aromatic carbocycles. The van der Waals surface area contributed by atoms with Crippen LogP contribution in [-0.4, -0.2) is 22.4 Å². The first-order chi connectivity index (χ1) is 7.06. The van der Waals surface area contributed by atoms with Crippen molar-refractivity contribution in [3.05, 3.63) is 22.4 Å². The van der Waals surface area contributed by atoms with Crippen molar-refractivity contribution in [3.63, 3.8) is 0 Å². The van der Waals surface area contributed by atoms with Gasteiger partial charge in [0, 0.05) is 0 Å². The van der Waals surface area contributed by atoms with E-state index in [1.54, 1.807) is 25.2 Å². The van der Waals surface area contributed by atoms with Gasteiger partial charge in [-0.2, -0.15) is 0 Å². The summed E-state index contributed by atoms with van der Waals surface area (Å²) < 4.78 is 0. The highest BCUT2D eigenvalue weighted by atomic mass is 32.1. The summed E-state index contributed by atoms with van der Waals surface area (Å²) in [4.78, 5) is 1.00. The van der Waals surface area contributed by atoms with Crippen LogP contribution in [0.2, 0.25) is 0 Å². The van der Waals surface area contributed by atoms with Crippen LogP contribution < -0.4 is 0 Å². The first kappa shape index (κ1) is 21.1. The van der Waals surface area contributed by atoms with E-state index in [0.717, 1.165) is 4.88 Å². The van der Waals surface area contributed by atoms with E-state index in [1.165, 1.54) is 0 Å². The topological polar surface area (TPSA) is 40.5 Å². The van der Waals surface area contributed by atoms with Crippen LogP contribution in [-0.2, 0) is 0 Å². The highest BCUT2D eigenvalue weighted by Crippen LogP contribution is 2.05. The maximum atomic E-state index is 8.78. The first-order valence-corrected chi connectivity index (χ1v) is 5.31. The summed E-state index contributed by atoms with van der Waals surface area (Å²) in [6.07, 6.45) is 3.56. The molecule has 2 atom stereocenters. The van der Waals surface area contributed by atoms with Crippen LogP contribution in [0.4, 0.5) is 0 Å². The zero-order chi connectivity index (χ0) is 11.7. The smallest absolute Gasteiger partial charge is 0.112 e. The molecule has 2 unspecified atom stereocenters. The molecule has 0 fully saturated rings.